The number of ether oxygens (including phenoxy) is 1. The quantitative estimate of drug-likeness (QED) is 0.358. The number of fused-ring (bicyclic) bond motifs is 1. The van der Waals surface area contributed by atoms with Crippen LogP contribution in [0.3, 0.4) is 0 Å². The van der Waals surface area contributed by atoms with Crippen molar-refractivity contribution in [1.29, 1.82) is 0 Å². The van der Waals surface area contributed by atoms with Gasteiger partial charge in [-0.1, -0.05) is 0 Å². The molecule has 1 aliphatic carbocycles. The molecule has 0 unspecified atom stereocenters. The minimum absolute atomic E-state index is 0.245. The first-order chi connectivity index (χ1) is 17.2. The van der Waals surface area contributed by atoms with Crippen LogP contribution in [0, 0.1) is 6.92 Å². The first kappa shape index (κ1) is 24.9. The summed E-state index contributed by atoms with van der Waals surface area (Å²) in [7, 11) is -2.90. The van der Waals surface area contributed by atoms with Gasteiger partial charge in [0, 0.05) is 12.2 Å². The second-order valence-electron chi connectivity index (χ2n) is 8.77. The molecule has 12 nitrogen and oxygen atoms in total. The summed E-state index contributed by atoms with van der Waals surface area (Å²) in [6.07, 6.45) is 2.12. The van der Waals surface area contributed by atoms with Crippen LogP contribution >= 0.6 is 11.3 Å². The van der Waals surface area contributed by atoms with Gasteiger partial charge < -0.3 is 15.2 Å². The number of nitrogens with zero attached hydrogens (tertiary/aromatic N) is 4. The number of nitrogens with one attached hydrogen (secondary N) is 2. The normalized spacial score (nSPS) is 24.0. The first-order valence-corrected chi connectivity index (χ1v) is 13.6. The number of hydrogen-bond acceptors (Lipinski definition) is 11. The number of aliphatic hydroxyl groups is 1. The topological polar surface area (TPSA) is 158 Å². The van der Waals surface area contributed by atoms with Gasteiger partial charge in [-0.15, -0.1) is 11.3 Å². The van der Waals surface area contributed by atoms with Crippen LogP contribution in [0.4, 0.5) is 5.82 Å². The highest BCUT2D eigenvalue weighted by Gasteiger charge is 2.36. The molecule has 1 aliphatic heterocycles. The maximum atomic E-state index is 13.4. The van der Waals surface area contributed by atoms with Gasteiger partial charge in [-0.25, -0.2) is 9.97 Å². The van der Waals surface area contributed by atoms with Crippen molar-refractivity contribution in [3.8, 4) is 0 Å². The smallest absolute Gasteiger partial charge is 0.335 e. The number of thiophene rings is 1. The van der Waals surface area contributed by atoms with E-state index in [9.17, 15) is 18.3 Å². The van der Waals surface area contributed by atoms with E-state index in [1.165, 1.54) is 23.9 Å². The highest BCUT2D eigenvalue weighted by molar-refractivity contribution is 7.84. The number of carbonyl (C=O) groups is 1. The highest BCUT2D eigenvalue weighted by Crippen LogP contribution is 2.34. The van der Waals surface area contributed by atoms with Crippen molar-refractivity contribution in [2.45, 2.75) is 50.6 Å². The lowest BCUT2D eigenvalue weighted by Gasteiger charge is -2.23. The third-order valence-corrected chi connectivity index (χ3v) is 8.26. The van der Waals surface area contributed by atoms with Gasteiger partial charge >= 0.3 is 10.3 Å². The first-order valence-electron chi connectivity index (χ1n) is 11.4. The molecule has 0 radical (unpaired) electrons. The largest absolute Gasteiger partial charge is 0.391 e. The average molecular weight is 535 g/mol. The number of ketones is 1. The fraction of sp³-hybridized carbons (Fsp3) is 0.455. The molecule has 1 saturated carbocycles. The Morgan fingerprint density at radius 1 is 1.33 bits per heavy atom. The predicted molar refractivity (Wildman–Crippen MR) is 130 cm³/mol. The lowest BCUT2D eigenvalue weighted by molar-refractivity contribution is 0.0424. The van der Waals surface area contributed by atoms with E-state index in [2.05, 4.69) is 29.3 Å². The van der Waals surface area contributed by atoms with Gasteiger partial charge in [0.25, 0.3) is 0 Å². The minimum Gasteiger partial charge on any atom is -0.391 e. The zero-order valence-electron chi connectivity index (χ0n) is 19.6. The zero-order valence-corrected chi connectivity index (χ0v) is 21.3. The summed E-state index contributed by atoms with van der Waals surface area (Å²) in [5, 5.41) is 19.9. The van der Waals surface area contributed by atoms with Crippen LogP contribution in [0.1, 0.15) is 51.1 Å². The SMILES string of the molecule is COS(=O)(=O)N[C@@H]1C[C@@H](Nc2ncncc2C(=O)c2cc([C@@H]3OCCn4nc(C)cc43)cs2)C[C@@H]1O. The maximum absolute atomic E-state index is 13.4. The summed E-state index contributed by atoms with van der Waals surface area (Å²) in [5.41, 5.74) is 3.03. The molecular formula is C22H26N6O6S2. The number of rotatable bonds is 8. The summed E-state index contributed by atoms with van der Waals surface area (Å²) in [4.78, 5) is 22.2. The van der Waals surface area contributed by atoms with Crippen LogP contribution in [0.25, 0.3) is 0 Å². The monoisotopic (exact) mass is 534 g/mol. The van der Waals surface area contributed by atoms with Crippen molar-refractivity contribution in [3.63, 3.8) is 0 Å². The molecule has 3 aromatic heterocycles. The number of hydrogen-bond donors (Lipinski definition) is 3. The second kappa shape index (κ2) is 9.95. The van der Waals surface area contributed by atoms with Gasteiger partial charge in [-0.05, 0) is 42.8 Å². The molecule has 3 N–H and O–H groups in total. The Balaban J connectivity index is 1.32. The molecule has 2 aliphatic rings. The fourth-order valence-corrected chi connectivity index (χ4v) is 6.20. The van der Waals surface area contributed by atoms with Gasteiger partial charge in [0.05, 0.1) is 54.2 Å². The standard InChI is InChI=1S/C22H26N6O6S2/c1-12-5-17-21(34-4-3-28(17)26-12)13-6-19(35-10-13)20(30)15-9-23-11-24-22(15)25-14-7-16(18(29)8-14)27-36(31,32)33-2/h5-6,9-11,14,16,18,21,27,29H,3-4,7-8H2,1-2H3,(H,23,24,25)/t14-,16-,18+,21+/m1/s1. The maximum Gasteiger partial charge on any atom is 0.335 e. The van der Waals surface area contributed by atoms with Gasteiger partial charge in [0.2, 0.25) is 5.78 Å². The second-order valence-corrected chi connectivity index (χ2v) is 11.2. The molecule has 1 fully saturated rings. The van der Waals surface area contributed by atoms with Gasteiger partial charge in [-0.3, -0.25) is 13.7 Å². The Labute approximate surface area is 211 Å². The van der Waals surface area contributed by atoms with E-state index in [1.807, 2.05) is 29.1 Å². The van der Waals surface area contributed by atoms with Crippen molar-refractivity contribution in [3.05, 3.63) is 57.4 Å². The number of carbonyl (C=O) groups excluding carboxylic acids is 1. The van der Waals surface area contributed by atoms with E-state index in [1.54, 1.807) is 0 Å². The predicted octanol–water partition coefficient (Wildman–Crippen LogP) is 1.18. The Morgan fingerprint density at radius 3 is 2.97 bits per heavy atom. The lowest BCUT2D eigenvalue weighted by atomic mass is 10.1. The van der Waals surface area contributed by atoms with E-state index >= 15 is 0 Å². The molecule has 14 heteroatoms. The molecule has 192 valence electrons. The molecule has 0 aromatic carbocycles. The average Bonchev–Trinajstić information content (AvgIpc) is 3.57. The Kier molecular flexibility index (Phi) is 6.89. The molecule has 0 saturated heterocycles. The highest BCUT2D eigenvalue weighted by atomic mass is 32.2. The van der Waals surface area contributed by atoms with E-state index in [0.29, 0.717) is 23.8 Å². The molecule has 4 heterocycles. The molecule has 0 bridgehead atoms. The molecule has 0 spiro atoms. The molecule has 4 atom stereocenters. The fourth-order valence-electron chi connectivity index (χ4n) is 4.60. The molecule has 0 amide bonds. The van der Waals surface area contributed by atoms with E-state index in [0.717, 1.165) is 24.1 Å². The summed E-state index contributed by atoms with van der Waals surface area (Å²) < 4.78 is 38.1. The van der Waals surface area contributed by atoms with E-state index in [4.69, 9.17) is 4.74 Å². The number of aromatic nitrogens is 4. The van der Waals surface area contributed by atoms with Gasteiger partial charge in [-0.2, -0.15) is 18.2 Å². The molecule has 36 heavy (non-hydrogen) atoms. The summed E-state index contributed by atoms with van der Waals surface area (Å²) in [6, 6.07) is 2.78. The summed E-state index contributed by atoms with van der Waals surface area (Å²) >= 11 is 1.32. The summed E-state index contributed by atoms with van der Waals surface area (Å²) in [6.45, 7) is 3.16. The van der Waals surface area contributed by atoms with Crippen LogP contribution in [0.15, 0.2) is 30.0 Å². The van der Waals surface area contributed by atoms with Crippen molar-refractivity contribution in [2.75, 3.05) is 19.0 Å². The summed E-state index contributed by atoms with van der Waals surface area (Å²) in [5.74, 6) is 0.0741. The number of aliphatic hydroxyl groups excluding tert-OH is 1. The van der Waals surface area contributed by atoms with Crippen LogP contribution in [-0.4, -0.2) is 71.0 Å². The third-order valence-electron chi connectivity index (χ3n) is 6.28. The van der Waals surface area contributed by atoms with Crippen molar-refractivity contribution >= 4 is 33.2 Å². The third kappa shape index (κ3) is 5.05. The zero-order chi connectivity index (χ0) is 25.4. The van der Waals surface area contributed by atoms with E-state index < -0.39 is 22.4 Å². The van der Waals surface area contributed by atoms with Gasteiger partial charge in [0.15, 0.2) is 0 Å². The van der Waals surface area contributed by atoms with Crippen LogP contribution < -0.4 is 10.0 Å². The molecule has 5 rings (SSSR count). The minimum atomic E-state index is -3.95. The van der Waals surface area contributed by atoms with Crippen LogP contribution in [0.5, 0.6) is 0 Å². The lowest BCUT2D eigenvalue weighted by Crippen LogP contribution is -2.40. The Hall–Kier alpha value is -2.75. The number of aryl methyl sites for hydroxylation is 1. The number of anilines is 1. The van der Waals surface area contributed by atoms with Crippen molar-refractivity contribution in [1.82, 2.24) is 24.5 Å². The van der Waals surface area contributed by atoms with Gasteiger partial charge in [0.1, 0.15) is 18.2 Å². The molecule has 3 aromatic rings. The molecular weight excluding hydrogens is 508 g/mol. The van der Waals surface area contributed by atoms with Crippen LogP contribution in [0.2, 0.25) is 0 Å². The van der Waals surface area contributed by atoms with Crippen molar-refractivity contribution in [2.24, 2.45) is 0 Å². The van der Waals surface area contributed by atoms with E-state index in [-0.39, 0.29) is 36.3 Å². The Bertz CT molecular complexity index is 1370. The van der Waals surface area contributed by atoms with Crippen molar-refractivity contribution < 1.29 is 27.2 Å². The Morgan fingerprint density at radius 2 is 2.17 bits per heavy atom. The van der Waals surface area contributed by atoms with Crippen LogP contribution in [-0.2, 0) is 25.8 Å².